The van der Waals surface area contributed by atoms with Gasteiger partial charge in [0.15, 0.2) is 6.61 Å². The minimum absolute atomic E-state index is 0.176. The number of carbonyl (C=O) groups is 2. The van der Waals surface area contributed by atoms with Crippen LogP contribution in [0.1, 0.15) is 38.3 Å². The van der Waals surface area contributed by atoms with Gasteiger partial charge in [-0.2, -0.15) is 0 Å². The van der Waals surface area contributed by atoms with Gasteiger partial charge < -0.3 is 15.0 Å². The van der Waals surface area contributed by atoms with E-state index in [4.69, 9.17) is 16.3 Å². The SMILES string of the molecule is CC[C@@H](C(=O)NCC(C)C)N(Cc1ccc(F)cc1)C(=O)COc1ccc(Cl)c(C)c1. The van der Waals surface area contributed by atoms with Crippen molar-refractivity contribution in [2.24, 2.45) is 5.92 Å². The number of ether oxygens (including phenoxy) is 1. The van der Waals surface area contributed by atoms with Gasteiger partial charge in [-0.1, -0.05) is 44.5 Å². The first-order valence-corrected chi connectivity index (χ1v) is 10.8. The maximum absolute atomic E-state index is 13.3. The van der Waals surface area contributed by atoms with Gasteiger partial charge in [0.25, 0.3) is 5.91 Å². The Morgan fingerprint density at radius 2 is 1.84 bits per heavy atom. The van der Waals surface area contributed by atoms with E-state index < -0.39 is 6.04 Å². The lowest BCUT2D eigenvalue weighted by Gasteiger charge is -2.30. The highest BCUT2D eigenvalue weighted by atomic mass is 35.5. The second-order valence-electron chi connectivity index (χ2n) is 7.91. The Labute approximate surface area is 188 Å². The highest BCUT2D eigenvalue weighted by molar-refractivity contribution is 6.31. The Morgan fingerprint density at radius 1 is 1.16 bits per heavy atom. The van der Waals surface area contributed by atoms with Crippen molar-refractivity contribution in [2.45, 2.75) is 46.7 Å². The number of aryl methyl sites for hydroxylation is 1. The molecule has 5 nitrogen and oxygen atoms in total. The Bertz CT molecular complexity index is 887. The first kappa shape index (κ1) is 24.7. The zero-order chi connectivity index (χ0) is 23.0. The van der Waals surface area contributed by atoms with Crippen LogP contribution in [0.4, 0.5) is 4.39 Å². The van der Waals surface area contributed by atoms with Gasteiger partial charge in [-0.05, 0) is 60.7 Å². The minimum Gasteiger partial charge on any atom is -0.484 e. The van der Waals surface area contributed by atoms with Crippen molar-refractivity contribution in [2.75, 3.05) is 13.2 Å². The molecule has 1 atom stereocenters. The van der Waals surface area contributed by atoms with Gasteiger partial charge in [0.05, 0.1) is 0 Å². The summed E-state index contributed by atoms with van der Waals surface area (Å²) in [5, 5.41) is 3.52. The van der Waals surface area contributed by atoms with Crippen molar-refractivity contribution in [3.63, 3.8) is 0 Å². The largest absolute Gasteiger partial charge is 0.484 e. The Balaban J connectivity index is 2.19. The van der Waals surface area contributed by atoms with E-state index in [1.54, 1.807) is 30.3 Å². The number of nitrogens with zero attached hydrogens (tertiary/aromatic N) is 1. The van der Waals surface area contributed by atoms with Crippen molar-refractivity contribution in [1.82, 2.24) is 10.2 Å². The fourth-order valence-electron chi connectivity index (χ4n) is 3.06. The summed E-state index contributed by atoms with van der Waals surface area (Å²) in [6.45, 7) is 8.19. The Kier molecular flexibility index (Phi) is 9.31. The van der Waals surface area contributed by atoms with Crippen molar-refractivity contribution in [3.05, 3.63) is 64.4 Å². The number of halogens is 2. The predicted octanol–water partition coefficient (Wildman–Crippen LogP) is 4.75. The molecule has 0 aromatic heterocycles. The van der Waals surface area contributed by atoms with Crippen LogP contribution in [-0.2, 0) is 16.1 Å². The number of amides is 2. The average molecular weight is 449 g/mol. The van der Waals surface area contributed by atoms with Crippen LogP contribution in [0.3, 0.4) is 0 Å². The van der Waals surface area contributed by atoms with Crippen molar-refractivity contribution < 1.29 is 18.7 Å². The normalized spacial score (nSPS) is 11.8. The van der Waals surface area contributed by atoms with E-state index in [0.29, 0.717) is 29.7 Å². The molecule has 0 radical (unpaired) electrons. The fraction of sp³-hybridized carbons (Fsp3) is 0.417. The van der Waals surface area contributed by atoms with Crippen LogP contribution in [0.25, 0.3) is 0 Å². The van der Waals surface area contributed by atoms with Crippen LogP contribution in [0.2, 0.25) is 5.02 Å². The van der Waals surface area contributed by atoms with Gasteiger partial charge in [-0.3, -0.25) is 9.59 Å². The molecule has 2 aromatic rings. The molecule has 0 bridgehead atoms. The van der Waals surface area contributed by atoms with E-state index in [9.17, 15) is 14.0 Å². The van der Waals surface area contributed by atoms with Gasteiger partial charge >= 0.3 is 0 Å². The molecular weight excluding hydrogens is 419 g/mol. The zero-order valence-corrected chi connectivity index (χ0v) is 19.2. The summed E-state index contributed by atoms with van der Waals surface area (Å²) in [6, 6.07) is 10.4. The van der Waals surface area contributed by atoms with Gasteiger partial charge in [-0.15, -0.1) is 0 Å². The molecule has 0 aliphatic heterocycles. The van der Waals surface area contributed by atoms with E-state index in [0.717, 1.165) is 11.1 Å². The molecule has 0 spiro atoms. The number of hydrogen-bond acceptors (Lipinski definition) is 3. The summed E-state index contributed by atoms with van der Waals surface area (Å²) in [6.07, 6.45) is 0.441. The molecule has 0 aliphatic carbocycles. The highest BCUT2D eigenvalue weighted by Gasteiger charge is 2.29. The van der Waals surface area contributed by atoms with E-state index >= 15 is 0 Å². The molecule has 2 rings (SSSR count). The average Bonchev–Trinajstić information content (AvgIpc) is 2.74. The van der Waals surface area contributed by atoms with Crippen LogP contribution >= 0.6 is 11.6 Å². The lowest BCUT2D eigenvalue weighted by Crippen LogP contribution is -2.50. The first-order chi connectivity index (χ1) is 14.7. The van der Waals surface area contributed by atoms with Gasteiger partial charge in [0.2, 0.25) is 5.91 Å². The van der Waals surface area contributed by atoms with Crippen LogP contribution < -0.4 is 10.1 Å². The van der Waals surface area contributed by atoms with Crippen LogP contribution in [0.5, 0.6) is 5.75 Å². The summed E-state index contributed by atoms with van der Waals surface area (Å²) in [5.74, 6) is -0.0873. The topological polar surface area (TPSA) is 58.6 Å². The van der Waals surface area contributed by atoms with Crippen LogP contribution in [0.15, 0.2) is 42.5 Å². The summed E-state index contributed by atoms with van der Waals surface area (Å²) in [5.41, 5.74) is 1.57. The highest BCUT2D eigenvalue weighted by Crippen LogP contribution is 2.21. The van der Waals surface area contributed by atoms with Gasteiger partial charge in [0, 0.05) is 18.1 Å². The van der Waals surface area contributed by atoms with E-state index in [-0.39, 0.29) is 30.8 Å². The second-order valence-corrected chi connectivity index (χ2v) is 8.32. The minimum atomic E-state index is -0.660. The summed E-state index contributed by atoms with van der Waals surface area (Å²) >= 11 is 6.04. The molecule has 0 aliphatic rings. The number of benzene rings is 2. The summed E-state index contributed by atoms with van der Waals surface area (Å²) < 4.78 is 19.0. The van der Waals surface area contributed by atoms with Crippen molar-refractivity contribution in [1.29, 1.82) is 0 Å². The third-order valence-corrected chi connectivity index (χ3v) is 5.25. The molecule has 0 unspecified atom stereocenters. The zero-order valence-electron chi connectivity index (χ0n) is 18.5. The van der Waals surface area contributed by atoms with E-state index in [1.807, 2.05) is 27.7 Å². The third-order valence-electron chi connectivity index (χ3n) is 4.83. The Morgan fingerprint density at radius 3 is 2.42 bits per heavy atom. The molecular formula is C24H30ClFN2O3. The van der Waals surface area contributed by atoms with Gasteiger partial charge in [-0.25, -0.2) is 4.39 Å². The van der Waals surface area contributed by atoms with E-state index in [1.165, 1.54) is 17.0 Å². The number of hydrogen-bond donors (Lipinski definition) is 1. The molecule has 2 amide bonds. The Hall–Kier alpha value is -2.60. The fourth-order valence-corrected chi connectivity index (χ4v) is 3.18. The summed E-state index contributed by atoms with van der Waals surface area (Å²) in [4.78, 5) is 27.4. The third kappa shape index (κ3) is 7.55. The molecule has 0 saturated carbocycles. The molecule has 31 heavy (non-hydrogen) atoms. The molecule has 168 valence electrons. The maximum atomic E-state index is 13.3. The second kappa shape index (κ2) is 11.7. The van der Waals surface area contributed by atoms with Crippen LogP contribution in [0, 0.1) is 18.7 Å². The molecule has 7 heteroatoms. The first-order valence-electron chi connectivity index (χ1n) is 10.4. The molecule has 1 N–H and O–H groups in total. The number of rotatable bonds is 10. The van der Waals surface area contributed by atoms with E-state index in [2.05, 4.69) is 5.32 Å². The lowest BCUT2D eigenvalue weighted by molar-refractivity contribution is -0.143. The van der Waals surface area contributed by atoms with Crippen molar-refractivity contribution in [3.8, 4) is 5.75 Å². The molecule has 2 aromatic carbocycles. The maximum Gasteiger partial charge on any atom is 0.261 e. The van der Waals surface area contributed by atoms with Gasteiger partial charge in [0.1, 0.15) is 17.6 Å². The molecule has 0 heterocycles. The molecule has 0 fully saturated rings. The summed E-state index contributed by atoms with van der Waals surface area (Å²) in [7, 11) is 0. The van der Waals surface area contributed by atoms with Crippen LogP contribution in [-0.4, -0.2) is 35.9 Å². The van der Waals surface area contributed by atoms with Crippen molar-refractivity contribution >= 4 is 23.4 Å². The standard InChI is InChI=1S/C24H30ClFN2O3/c1-5-22(24(30)27-13-16(2)3)28(14-18-6-8-19(26)9-7-18)23(29)15-31-20-10-11-21(25)17(4)12-20/h6-12,16,22H,5,13-15H2,1-4H3,(H,27,30)/t22-/m0/s1. The molecule has 0 saturated heterocycles. The predicted molar refractivity (Wildman–Crippen MR) is 121 cm³/mol. The monoisotopic (exact) mass is 448 g/mol. The number of carbonyl (C=O) groups excluding carboxylic acids is 2. The lowest BCUT2D eigenvalue weighted by atomic mass is 10.1. The smallest absolute Gasteiger partial charge is 0.261 e. The number of nitrogens with one attached hydrogen (secondary N) is 1. The quantitative estimate of drug-likeness (QED) is 0.570.